The number of ether oxygens (including phenoxy) is 1. The maximum absolute atomic E-state index is 12.7. The Balaban J connectivity index is 2.10. The summed E-state index contributed by atoms with van der Waals surface area (Å²) >= 11 is 0. The number of carbonyl (C=O) groups is 1. The third-order valence-corrected chi connectivity index (χ3v) is 5.68. The number of carboxylic acids is 1. The van der Waals surface area contributed by atoms with E-state index in [0.717, 1.165) is 4.31 Å². The molecule has 0 saturated heterocycles. The van der Waals surface area contributed by atoms with Crippen molar-refractivity contribution in [2.75, 3.05) is 39.5 Å². The Morgan fingerprint density at radius 1 is 1.07 bits per heavy atom. The van der Waals surface area contributed by atoms with Crippen molar-refractivity contribution < 1.29 is 27.5 Å². The van der Waals surface area contributed by atoms with Gasteiger partial charge in [0, 0.05) is 19.4 Å². The Morgan fingerprint density at radius 3 is 2.14 bits per heavy atom. The zero-order chi connectivity index (χ0) is 21.7. The number of benzene rings is 2. The lowest BCUT2D eigenvalue weighted by Gasteiger charge is -2.34. The summed E-state index contributed by atoms with van der Waals surface area (Å²) in [7, 11) is 2.99. The Hall–Kier alpha value is -2.62. The van der Waals surface area contributed by atoms with Gasteiger partial charge >= 0.3 is 10.2 Å². The largest absolute Gasteiger partial charge is 0.550 e. The summed E-state index contributed by atoms with van der Waals surface area (Å²) in [5.74, 6) is -0.0636. The van der Waals surface area contributed by atoms with Gasteiger partial charge in [0.25, 0.3) is 0 Å². The minimum absolute atomic E-state index is 0.315. The number of quaternary nitrogens is 1. The summed E-state index contributed by atoms with van der Waals surface area (Å²) < 4.78 is 35.1. The molecule has 0 aromatic heterocycles. The van der Waals surface area contributed by atoms with Gasteiger partial charge in [-0.05, 0) is 36.4 Å². The van der Waals surface area contributed by atoms with Crippen LogP contribution in [0.15, 0.2) is 54.6 Å². The summed E-state index contributed by atoms with van der Waals surface area (Å²) in [4.78, 5) is 11.1. The van der Waals surface area contributed by atoms with Gasteiger partial charge in [-0.2, -0.15) is 12.7 Å². The molecule has 0 heterocycles. The van der Waals surface area contributed by atoms with Gasteiger partial charge in [0.2, 0.25) is 0 Å². The third kappa shape index (κ3) is 7.37. The number of nitrogens with one attached hydrogen (secondary N) is 1. The topological polar surface area (TPSA) is 98.8 Å². The van der Waals surface area contributed by atoms with Gasteiger partial charge in [-0.3, -0.25) is 4.72 Å². The van der Waals surface area contributed by atoms with E-state index in [1.807, 2.05) is 51.5 Å². The molecule has 158 valence electrons. The van der Waals surface area contributed by atoms with Gasteiger partial charge in [-0.1, -0.05) is 18.2 Å². The fourth-order valence-corrected chi connectivity index (χ4v) is 3.88. The molecule has 2 aromatic rings. The van der Waals surface area contributed by atoms with E-state index < -0.39 is 28.6 Å². The molecule has 2 rings (SSSR count). The molecule has 0 fully saturated rings. The molecule has 0 amide bonds. The molecule has 9 heteroatoms. The number of nitrogens with zero attached hydrogens (tertiary/aromatic N) is 2. The summed E-state index contributed by atoms with van der Waals surface area (Å²) in [6, 6.07) is 14.9. The summed E-state index contributed by atoms with van der Waals surface area (Å²) in [5.41, 5.74) is 0.342. The highest BCUT2D eigenvalue weighted by Gasteiger charge is 2.30. The predicted octanol–water partition coefficient (Wildman–Crippen LogP) is 1.28. The number of rotatable bonds is 10. The number of hydrogen-bond acceptors (Lipinski definition) is 5. The summed E-state index contributed by atoms with van der Waals surface area (Å²) in [6.07, 6.45) is -0.392. The molecule has 0 saturated carbocycles. The van der Waals surface area contributed by atoms with Crippen LogP contribution >= 0.6 is 0 Å². The van der Waals surface area contributed by atoms with E-state index in [4.69, 9.17) is 4.74 Å². The number of anilines is 1. The molecule has 0 radical (unpaired) electrons. The first-order valence-corrected chi connectivity index (χ1v) is 10.5. The highest BCUT2D eigenvalue weighted by molar-refractivity contribution is 7.90. The maximum atomic E-state index is 12.7. The van der Waals surface area contributed by atoms with Crippen molar-refractivity contribution in [1.29, 1.82) is 0 Å². The van der Waals surface area contributed by atoms with Crippen molar-refractivity contribution in [3.8, 4) is 11.5 Å². The SMILES string of the molecule is CN(C(CC(=O)[O-])C[N+](C)(C)C)S(=O)(=O)Nc1ccc(Oc2ccccc2)cc1. The van der Waals surface area contributed by atoms with Crippen LogP contribution in [0, 0.1) is 0 Å². The Labute approximate surface area is 172 Å². The van der Waals surface area contributed by atoms with Crippen molar-refractivity contribution in [2.24, 2.45) is 0 Å². The second kappa shape index (κ2) is 9.25. The van der Waals surface area contributed by atoms with Gasteiger partial charge in [0.1, 0.15) is 11.5 Å². The van der Waals surface area contributed by atoms with Crippen LogP contribution in [0.3, 0.4) is 0 Å². The van der Waals surface area contributed by atoms with E-state index in [1.54, 1.807) is 24.3 Å². The Kier molecular flexibility index (Phi) is 7.23. The minimum Gasteiger partial charge on any atom is -0.550 e. The number of carboxylic acid groups (broad SMARTS) is 1. The van der Waals surface area contributed by atoms with Gasteiger partial charge in [0.05, 0.1) is 39.4 Å². The molecule has 1 atom stereocenters. The molecule has 0 aliphatic carbocycles. The monoisotopic (exact) mass is 421 g/mol. The third-order valence-electron chi connectivity index (χ3n) is 4.13. The van der Waals surface area contributed by atoms with Crippen molar-refractivity contribution >= 4 is 21.9 Å². The van der Waals surface area contributed by atoms with Crippen LogP contribution in [-0.4, -0.2) is 64.0 Å². The minimum atomic E-state index is -3.96. The van der Waals surface area contributed by atoms with Crippen LogP contribution in [0.5, 0.6) is 11.5 Å². The molecule has 0 aliphatic heterocycles. The fraction of sp³-hybridized carbons (Fsp3) is 0.350. The van der Waals surface area contributed by atoms with Gasteiger partial charge in [0.15, 0.2) is 0 Å². The van der Waals surface area contributed by atoms with E-state index in [2.05, 4.69) is 4.72 Å². The highest BCUT2D eigenvalue weighted by Crippen LogP contribution is 2.23. The van der Waals surface area contributed by atoms with Gasteiger partial charge in [-0.25, -0.2) is 0 Å². The first kappa shape index (κ1) is 22.7. The second-order valence-electron chi connectivity index (χ2n) is 7.77. The zero-order valence-corrected chi connectivity index (χ0v) is 17.8. The van der Waals surface area contributed by atoms with E-state index >= 15 is 0 Å². The predicted molar refractivity (Wildman–Crippen MR) is 110 cm³/mol. The lowest BCUT2D eigenvalue weighted by molar-refractivity contribution is -0.872. The van der Waals surface area contributed by atoms with E-state index in [0.29, 0.717) is 28.2 Å². The average molecular weight is 422 g/mol. The Morgan fingerprint density at radius 2 is 1.62 bits per heavy atom. The number of hydrogen-bond donors (Lipinski definition) is 1. The highest BCUT2D eigenvalue weighted by atomic mass is 32.2. The molecular formula is C20H27N3O5S. The molecule has 0 bridgehead atoms. The quantitative estimate of drug-likeness (QED) is 0.583. The van der Waals surface area contributed by atoms with Gasteiger partial charge in [-0.15, -0.1) is 0 Å². The van der Waals surface area contributed by atoms with E-state index in [1.165, 1.54) is 7.05 Å². The molecule has 0 spiro atoms. The number of para-hydroxylation sites is 1. The molecule has 1 N–H and O–H groups in total. The molecular weight excluding hydrogens is 394 g/mol. The van der Waals surface area contributed by atoms with Crippen molar-refractivity contribution in [3.05, 3.63) is 54.6 Å². The average Bonchev–Trinajstić information content (AvgIpc) is 2.61. The van der Waals surface area contributed by atoms with Crippen LogP contribution < -0.4 is 14.6 Å². The van der Waals surface area contributed by atoms with Crippen LogP contribution in [0.25, 0.3) is 0 Å². The first-order valence-electron chi connectivity index (χ1n) is 9.05. The van der Waals surface area contributed by atoms with Crippen LogP contribution in [-0.2, 0) is 15.0 Å². The number of aliphatic carboxylic acids is 1. The molecule has 29 heavy (non-hydrogen) atoms. The van der Waals surface area contributed by atoms with Crippen molar-refractivity contribution in [3.63, 3.8) is 0 Å². The molecule has 2 aromatic carbocycles. The fourth-order valence-electron chi connectivity index (χ4n) is 2.77. The van der Waals surface area contributed by atoms with Crippen LogP contribution in [0.2, 0.25) is 0 Å². The standard InChI is InChI=1S/C20H27N3O5S/c1-22(17(14-20(24)25)15-23(2,3)4)29(26,27)21-16-10-12-19(13-11-16)28-18-8-6-5-7-9-18/h5-13,17,21H,14-15H2,1-4H3. The van der Waals surface area contributed by atoms with Crippen LogP contribution in [0.1, 0.15) is 6.42 Å². The van der Waals surface area contributed by atoms with E-state index in [9.17, 15) is 18.3 Å². The maximum Gasteiger partial charge on any atom is 0.301 e. The molecule has 8 nitrogen and oxygen atoms in total. The van der Waals surface area contributed by atoms with Crippen molar-refractivity contribution in [1.82, 2.24) is 4.31 Å². The van der Waals surface area contributed by atoms with Crippen LogP contribution in [0.4, 0.5) is 5.69 Å². The smallest absolute Gasteiger partial charge is 0.301 e. The lowest BCUT2D eigenvalue weighted by Crippen LogP contribution is -2.52. The molecule has 0 aliphatic rings. The first-order chi connectivity index (χ1) is 13.5. The molecule has 1 unspecified atom stereocenters. The number of likely N-dealkylation sites (N-methyl/N-ethyl adjacent to an activating group) is 2. The lowest BCUT2D eigenvalue weighted by atomic mass is 10.2. The second-order valence-corrected chi connectivity index (χ2v) is 9.50. The normalized spacial score (nSPS) is 13.1. The zero-order valence-electron chi connectivity index (χ0n) is 17.0. The van der Waals surface area contributed by atoms with Gasteiger partial charge < -0.3 is 19.1 Å². The summed E-state index contributed by atoms with van der Waals surface area (Å²) in [5, 5.41) is 11.1. The Bertz CT molecular complexity index is 909. The van der Waals surface area contributed by atoms with Crippen molar-refractivity contribution in [2.45, 2.75) is 12.5 Å². The summed E-state index contributed by atoms with van der Waals surface area (Å²) in [6.45, 7) is 0.315. The number of carbonyl (C=O) groups excluding carboxylic acids is 1. The van der Waals surface area contributed by atoms with E-state index in [-0.39, 0.29) is 0 Å².